The van der Waals surface area contributed by atoms with Crippen LogP contribution >= 0.6 is 0 Å². The molecule has 0 aliphatic heterocycles. The molecule has 8 heteroatoms. The molecule has 0 amide bonds. The summed E-state index contributed by atoms with van der Waals surface area (Å²) in [5, 5.41) is 11.5. The van der Waals surface area contributed by atoms with Crippen LogP contribution in [-0.2, 0) is 24.6 Å². The maximum Gasteiger partial charge on any atom is 0.192 e. The largest absolute Gasteiger partial charge is 0.414 e. The van der Waals surface area contributed by atoms with Gasteiger partial charge in [0, 0.05) is 12.7 Å². The Morgan fingerprint density at radius 3 is 1.51 bits per heavy atom. The molecule has 1 aromatic carbocycles. The zero-order chi connectivity index (χ0) is 36.2. The monoisotopic (exact) mass is 711 g/mol. The second-order valence-electron chi connectivity index (χ2n) is 18.6. The van der Waals surface area contributed by atoms with Gasteiger partial charge in [-0.1, -0.05) is 92.6 Å². The van der Waals surface area contributed by atoms with Gasteiger partial charge in [0.25, 0.3) is 0 Å². The highest BCUT2D eigenvalue weighted by Crippen LogP contribution is 2.40. The molecular weight excluding hydrogens is 633 g/mol. The van der Waals surface area contributed by atoms with E-state index < -0.39 is 25.0 Å². The van der Waals surface area contributed by atoms with Crippen LogP contribution in [0.15, 0.2) is 30.3 Å². The minimum atomic E-state index is -1.93. The number of rotatable bonds is 22. The fourth-order valence-corrected chi connectivity index (χ4v) is 8.62. The van der Waals surface area contributed by atoms with Crippen molar-refractivity contribution in [1.29, 1.82) is 0 Å². The van der Waals surface area contributed by atoms with Gasteiger partial charge in [-0.2, -0.15) is 0 Å². The SMILES string of the molecule is CC(C)(C)[Si](C)(C)OC[C@H](CCCC(O)CCC[C@@H](CCCCOCc1ccccc1)O[Si](C)(C)C(C)(C)C)O[Si](C)(C)C(C)(C)C. The van der Waals surface area contributed by atoms with E-state index in [9.17, 15) is 5.11 Å². The number of hydrogen-bond acceptors (Lipinski definition) is 5. The summed E-state index contributed by atoms with van der Waals surface area (Å²) < 4.78 is 26.4. The smallest absolute Gasteiger partial charge is 0.192 e. The maximum atomic E-state index is 11.0. The van der Waals surface area contributed by atoms with Gasteiger partial charge in [0.2, 0.25) is 0 Å². The molecule has 1 rings (SSSR count). The first-order chi connectivity index (χ1) is 21.4. The summed E-state index contributed by atoms with van der Waals surface area (Å²) in [7, 11) is -5.68. The van der Waals surface area contributed by atoms with Crippen LogP contribution in [0.4, 0.5) is 0 Å². The number of unbranched alkanes of at least 4 members (excludes halogenated alkanes) is 1. The predicted octanol–water partition coefficient (Wildman–Crippen LogP) is 11.9. The Balaban J connectivity index is 2.65. The van der Waals surface area contributed by atoms with Crippen LogP contribution in [0, 0.1) is 0 Å². The molecule has 47 heavy (non-hydrogen) atoms. The predicted molar refractivity (Wildman–Crippen MR) is 211 cm³/mol. The van der Waals surface area contributed by atoms with E-state index in [1.807, 2.05) is 6.07 Å². The molecule has 0 spiro atoms. The Labute approximate surface area is 295 Å². The van der Waals surface area contributed by atoms with Gasteiger partial charge in [0.1, 0.15) is 0 Å². The highest BCUT2D eigenvalue weighted by molar-refractivity contribution is 6.75. The van der Waals surface area contributed by atoms with Crippen molar-refractivity contribution in [2.75, 3.05) is 13.2 Å². The Morgan fingerprint density at radius 2 is 1.02 bits per heavy atom. The highest BCUT2D eigenvalue weighted by atomic mass is 28.4. The van der Waals surface area contributed by atoms with Gasteiger partial charge >= 0.3 is 0 Å². The van der Waals surface area contributed by atoms with E-state index in [0.29, 0.717) is 13.2 Å². The Morgan fingerprint density at radius 1 is 0.574 bits per heavy atom. The molecular formula is C39H78O5Si3. The third-order valence-corrected chi connectivity index (χ3v) is 24.8. The van der Waals surface area contributed by atoms with Crippen LogP contribution in [0.3, 0.4) is 0 Å². The highest BCUT2D eigenvalue weighted by Gasteiger charge is 2.42. The summed E-state index contributed by atoms with van der Waals surface area (Å²) >= 11 is 0. The van der Waals surface area contributed by atoms with E-state index in [-0.39, 0.29) is 33.4 Å². The maximum absolute atomic E-state index is 11.0. The molecule has 0 fully saturated rings. The lowest BCUT2D eigenvalue weighted by Crippen LogP contribution is -2.47. The third kappa shape index (κ3) is 17.0. The first-order valence-corrected chi connectivity index (χ1v) is 27.4. The van der Waals surface area contributed by atoms with E-state index in [1.54, 1.807) is 0 Å². The quantitative estimate of drug-likeness (QED) is 0.0959. The third-order valence-electron chi connectivity index (χ3n) is 11.3. The van der Waals surface area contributed by atoms with Crippen molar-refractivity contribution >= 4 is 25.0 Å². The summed E-state index contributed by atoms with van der Waals surface area (Å²) in [4.78, 5) is 0. The van der Waals surface area contributed by atoms with Crippen LogP contribution in [-0.4, -0.2) is 61.6 Å². The molecule has 3 atom stereocenters. The summed E-state index contributed by atoms with van der Waals surface area (Å²) in [6.45, 7) is 36.9. The lowest BCUT2D eigenvalue weighted by atomic mass is 10.0. The van der Waals surface area contributed by atoms with E-state index >= 15 is 0 Å². The van der Waals surface area contributed by atoms with Gasteiger partial charge in [-0.15, -0.1) is 0 Å². The Hall–Kier alpha value is -0.329. The van der Waals surface area contributed by atoms with Gasteiger partial charge < -0.3 is 23.1 Å². The average molecular weight is 711 g/mol. The summed E-state index contributed by atoms with van der Waals surface area (Å²) in [5.41, 5.74) is 1.23. The van der Waals surface area contributed by atoms with Gasteiger partial charge in [-0.3, -0.25) is 0 Å². The fraction of sp³-hybridized carbons (Fsp3) is 0.846. The van der Waals surface area contributed by atoms with E-state index in [4.69, 9.17) is 18.0 Å². The molecule has 0 aliphatic carbocycles. The van der Waals surface area contributed by atoms with Crippen molar-refractivity contribution < 1.29 is 23.1 Å². The lowest BCUT2D eigenvalue weighted by Gasteiger charge is -2.41. The van der Waals surface area contributed by atoms with Gasteiger partial charge in [0.15, 0.2) is 25.0 Å². The van der Waals surface area contributed by atoms with Crippen molar-refractivity contribution in [3.63, 3.8) is 0 Å². The van der Waals surface area contributed by atoms with Crippen molar-refractivity contribution in [1.82, 2.24) is 0 Å². The van der Waals surface area contributed by atoms with Crippen molar-refractivity contribution in [2.24, 2.45) is 0 Å². The second kappa shape index (κ2) is 19.3. The van der Waals surface area contributed by atoms with E-state index in [1.165, 1.54) is 5.56 Å². The summed E-state index contributed by atoms with van der Waals surface area (Å²) in [6, 6.07) is 10.4. The molecule has 276 valence electrons. The van der Waals surface area contributed by atoms with E-state index in [0.717, 1.165) is 64.4 Å². The summed E-state index contributed by atoms with van der Waals surface area (Å²) in [6.07, 6.45) is 8.75. The van der Waals surface area contributed by atoms with Crippen LogP contribution in [0.1, 0.15) is 126 Å². The molecule has 0 aromatic heterocycles. The Kier molecular flexibility index (Phi) is 18.4. The minimum Gasteiger partial charge on any atom is -0.414 e. The Bertz CT molecular complexity index is 977. The molecule has 1 aromatic rings. The van der Waals surface area contributed by atoms with Crippen molar-refractivity contribution in [3.8, 4) is 0 Å². The van der Waals surface area contributed by atoms with Gasteiger partial charge in [-0.05, 0) is 118 Å². The molecule has 0 radical (unpaired) electrons. The number of ether oxygens (including phenoxy) is 1. The second-order valence-corrected chi connectivity index (χ2v) is 32.9. The van der Waals surface area contributed by atoms with Crippen molar-refractivity contribution in [3.05, 3.63) is 35.9 Å². The van der Waals surface area contributed by atoms with Crippen LogP contribution < -0.4 is 0 Å². The zero-order valence-corrected chi connectivity index (χ0v) is 36.7. The number of hydrogen-bond donors (Lipinski definition) is 1. The molecule has 0 saturated heterocycles. The lowest BCUT2D eigenvalue weighted by molar-refractivity contribution is 0.0880. The molecule has 1 N–H and O–H groups in total. The fourth-order valence-electron chi connectivity index (χ4n) is 4.79. The van der Waals surface area contributed by atoms with Crippen molar-refractivity contribution in [2.45, 2.75) is 199 Å². The van der Waals surface area contributed by atoms with Crippen LogP contribution in [0.25, 0.3) is 0 Å². The molecule has 5 nitrogen and oxygen atoms in total. The molecule has 0 heterocycles. The topological polar surface area (TPSA) is 57.2 Å². The number of aliphatic hydroxyl groups excluding tert-OH is 1. The van der Waals surface area contributed by atoms with Crippen LogP contribution in [0.5, 0.6) is 0 Å². The van der Waals surface area contributed by atoms with Gasteiger partial charge in [-0.25, -0.2) is 0 Å². The molecule has 1 unspecified atom stereocenters. The van der Waals surface area contributed by atoms with Crippen LogP contribution in [0.2, 0.25) is 54.4 Å². The number of benzene rings is 1. The molecule has 0 aliphatic rings. The molecule has 0 saturated carbocycles. The summed E-state index contributed by atoms with van der Waals surface area (Å²) in [5.74, 6) is 0. The number of aliphatic hydroxyl groups is 1. The average Bonchev–Trinajstić information content (AvgIpc) is 2.91. The molecule has 0 bridgehead atoms. The minimum absolute atomic E-state index is 0.0799. The van der Waals surface area contributed by atoms with E-state index in [2.05, 4.69) is 126 Å². The van der Waals surface area contributed by atoms with Gasteiger partial charge in [0.05, 0.1) is 25.4 Å². The zero-order valence-electron chi connectivity index (χ0n) is 33.7. The standard InChI is InChI=1S/C39H78O5Si3/c1-37(2,3)45(10,11)42-32-36(44-47(14,15)39(7,8)9)29-22-26-34(40)25-21-28-35(43-46(12,13)38(4,5)6)27-19-20-30-41-31-33-23-17-16-18-24-33/h16-18,23-24,34-36,40H,19-22,25-32H2,1-15H3/t34?,35-,36+/m1/s1. The first kappa shape index (κ1) is 44.7. The first-order valence-electron chi connectivity index (χ1n) is 18.7. The normalized spacial score (nSPS) is 15.9.